The third-order valence-electron chi connectivity index (χ3n) is 2.51. The van der Waals surface area contributed by atoms with Gasteiger partial charge in [0, 0.05) is 24.2 Å². The van der Waals surface area contributed by atoms with Crippen LogP contribution < -0.4 is 0 Å². The summed E-state index contributed by atoms with van der Waals surface area (Å²) in [6.45, 7) is 2.06. The van der Waals surface area contributed by atoms with Crippen molar-refractivity contribution in [3.05, 3.63) is 29.8 Å². The fraction of sp³-hybridized carbons (Fsp3) is 0.417. The van der Waals surface area contributed by atoms with Crippen molar-refractivity contribution in [3.8, 4) is 0 Å². The molecular formula is C12H15ClO5S. The second-order valence-corrected chi connectivity index (χ2v) is 6.50. The number of hydrogen-bond acceptors (Lipinski definition) is 5. The average Bonchev–Trinajstić information content (AvgIpc) is 2.37. The van der Waals surface area contributed by atoms with Crippen LogP contribution in [0.2, 0.25) is 0 Å². The SMILES string of the molecule is COC(C)CCOC(=O)c1cccc(S(=O)(=O)Cl)c1. The van der Waals surface area contributed by atoms with Crippen LogP contribution in [0.15, 0.2) is 29.2 Å². The molecule has 0 saturated carbocycles. The van der Waals surface area contributed by atoms with Crippen LogP contribution in [0.4, 0.5) is 0 Å². The first kappa shape index (κ1) is 15.9. The predicted octanol–water partition coefficient (Wildman–Crippen LogP) is 2.20. The van der Waals surface area contributed by atoms with Gasteiger partial charge in [0.25, 0.3) is 9.05 Å². The monoisotopic (exact) mass is 306 g/mol. The first-order valence-electron chi connectivity index (χ1n) is 5.59. The highest BCUT2D eigenvalue weighted by atomic mass is 35.7. The highest BCUT2D eigenvalue weighted by Gasteiger charge is 2.14. The topological polar surface area (TPSA) is 69.7 Å². The van der Waals surface area contributed by atoms with Crippen molar-refractivity contribution < 1.29 is 22.7 Å². The molecule has 1 atom stereocenters. The average molecular weight is 307 g/mol. The lowest BCUT2D eigenvalue weighted by molar-refractivity contribution is 0.0390. The van der Waals surface area contributed by atoms with E-state index in [0.29, 0.717) is 6.42 Å². The molecule has 0 N–H and O–H groups in total. The van der Waals surface area contributed by atoms with Crippen molar-refractivity contribution in [1.29, 1.82) is 0 Å². The lowest BCUT2D eigenvalue weighted by Crippen LogP contribution is -2.13. The van der Waals surface area contributed by atoms with Gasteiger partial charge in [-0.25, -0.2) is 13.2 Å². The molecule has 0 saturated heterocycles. The summed E-state index contributed by atoms with van der Waals surface area (Å²) in [4.78, 5) is 11.6. The van der Waals surface area contributed by atoms with Gasteiger partial charge in [0.1, 0.15) is 0 Å². The first-order valence-corrected chi connectivity index (χ1v) is 7.90. The molecule has 19 heavy (non-hydrogen) atoms. The molecule has 0 fully saturated rings. The minimum Gasteiger partial charge on any atom is -0.462 e. The molecule has 106 valence electrons. The Hall–Kier alpha value is -1.11. The predicted molar refractivity (Wildman–Crippen MR) is 70.9 cm³/mol. The number of rotatable bonds is 6. The summed E-state index contributed by atoms with van der Waals surface area (Å²) in [5.74, 6) is -0.592. The van der Waals surface area contributed by atoms with E-state index in [1.165, 1.54) is 24.3 Å². The molecule has 0 spiro atoms. The van der Waals surface area contributed by atoms with Gasteiger partial charge >= 0.3 is 5.97 Å². The maximum atomic E-state index is 11.7. The zero-order chi connectivity index (χ0) is 14.5. The maximum absolute atomic E-state index is 11.7. The van der Waals surface area contributed by atoms with Crippen molar-refractivity contribution in [3.63, 3.8) is 0 Å². The van der Waals surface area contributed by atoms with Gasteiger partial charge in [-0.1, -0.05) is 6.07 Å². The Bertz CT molecular complexity index is 541. The maximum Gasteiger partial charge on any atom is 0.338 e. The van der Waals surface area contributed by atoms with Crippen molar-refractivity contribution in [1.82, 2.24) is 0 Å². The van der Waals surface area contributed by atoms with Gasteiger partial charge in [0.15, 0.2) is 0 Å². The van der Waals surface area contributed by atoms with Crippen LogP contribution in [-0.2, 0) is 18.5 Å². The van der Waals surface area contributed by atoms with Gasteiger partial charge in [-0.2, -0.15) is 0 Å². The minimum absolute atomic E-state index is 0.0117. The third kappa shape index (κ3) is 5.18. The number of carbonyl (C=O) groups excluding carboxylic acids is 1. The zero-order valence-corrected chi connectivity index (χ0v) is 12.2. The fourth-order valence-corrected chi connectivity index (χ4v) is 2.09. The van der Waals surface area contributed by atoms with Gasteiger partial charge in [-0.15, -0.1) is 0 Å². The molecule has 0 amide bonds. The first-order chi connectivity index (χ1) is 8.84. The number of methoxy groups -OCH3 is 1. The summed E-state index contributed by atoms with van der Waals surface area (Å²) in [6.07, 6.45) is 0.554. The smallest absolute Gasteiger partial charge is 0.338 e. The van der Waals surface area contributed by atoms with Gasteiger partial charge in [0.2, 0.25) is 0 Å². The summed E-state index contributed by atoms with van der Waals surface area (Å²) < 4.78 is 32.3. The van der Waals surface area contributed by atoms with E-state index in [1.807, 2.05) is 6.92 Å². The molecule has 0 radical (unpaired) electrons. The minimum atomic E-state index is -3.85. The zero-order valence-electron chi connectivity index (χ0n) is 10.6. The summed E-state index contributed by atoms with van der Waals surface area (Å²) in [7, 11) is 2.92. The number of halogens is 1. The highest BCUT2D eigenvalue weighted by molar-refractivity contribution is 8.13. The van der Waals surface area contributed by atoms with Crippen LogP contribution in [-0.4, -0.2) is 34.2 Å². The molecule has 1 aromatic carbocycles. The summed E-state index contributed by atoms with van der Waals surface area (Å²) in [5, 5.41) is 0. The molecular weight excluding hydrogens is 292 g/mol. The molecule has 0 aliphatic carbocycles. The second kappa shape index (κ2) is 6.88. The van der Waals surface area contributed by atoms with Crippen LogP contribution in [0, 0.1) is 0 Å². The Morgan fingerprint density at radius 2 is 2.11 bits per heavy atom. The van der Waals surface area contributed by atoms with Gasteiger partial charge in [-0.05, 0) is 25.1 Å². The molecule has 0 aliphatic rings. The molecule has 0 aliphatic heterocycles. The second-order valence-electron chi connectivity index (χ2n) is 3.94. The van der Waals surface area contributed by atoms with Crippen molar-refractivity contribution in [2.75, 3.05) is 13.7 Å². The van der Waals surface area contributed by atoms with E-state index in [4.69, 9.17) is 20.2 Å². The Morgan fingerprint density at radius 3 is 2.68 bits per heavy atom. The van der Waals surface area contributed by atoms with E-state index in [2.05, 4.69) is 0 Å². The number of esters is 1. The van der Waals surface area contributed by atoms with Crippen molar-refractivity contribution >= 4 is 25.7 Å². The number of ether oxygens (including phenoxy) is 2. The molecule has 1 unspecified atom stereocenters. The molecule has 5 nitrogen and oxygen atoms in total. The lowest BCUT2D eigenvalue weighted by atomic mass is 10.2. The van der Waals surface area contributed by atoms with Crippen molar-refractivity contribution in [2.24, 2.45) is 0 Å². The van der Waals surface area contributed by atoms with Gasteiger partial charge in [0.05, 0.1) is 23.2 Å². The quantitative estimate of drug-likeness (QED) is 0.595. The van der Waals surface area contributed by atoms with Crippen LogP contribution >= 0.6 is 10.7 Å². The molecule has 7 heteroatoms. The highest BCUT2D eigenvalue weighted by Crippen LogP contribution is 2.16. The van der Waals surface area contributed by atoms with E-state index in [-0.39, 0.29) is 23.2 Å². The van der Waals surface area contributed by atoms with Crippen molar-refractivity contribution in [2.45, 2.75) is 24.3 Å². The Morgan fingerprint density at radius 1 is 1.42 bits per heavy atom. The Kier molecular flexibility index (Phi) is 5.78. The molecule has 1 aromatic rings. The number of carbonyl (C=O) groups is 1. The summed E-state index contributed by atoms with van der Waals surface area (Å²) >= 11 is 0. The molecule has 0 bridgehead atoms. The van der Waals surface area contributed by atoms with E-state index in [1.54, 1.807) is 7.11 Å². The van der Waals surface area contributed by atoms with Crippen LogP contribution in [0.1, 0.15) is 23.7 Å². The summed E-state index contributed by atoms with van der Waals surface area (Å²) in [6, 6.07) is 5.40. The molecule has 1 rings (SSSR count). The van der Waals surface area contributed by atoms with Crippen LogP contribution in [0.3, 0.4) is 0 Å². The van der Waals surface area contributed by atoms with E-state index < -0.39 is 15.0 Å². The fourth-order valence-electron chi connectivity index (χ4n) is 1.29. The van der Waals surface area contributed by atoms with Gasteiger partial charge < -0.3 is 9.47 Å². The normalized spacial score (nSPS) is 13.0. The van der Waals surface area contributed by atoms with Gasteiger partial charge in [-0.3, -0.25) is 0 Å². The standard InChI is InChI=1S/C12H15ClO5S/c1-9(17-2)6-7-18-12(14)10-4-3-5-11(8-10)19(13,15)16/h3-5,8-9H,6-7H2,1-2H3. The Labute approximate surface area is 116 Å². The number of hydrogen-bond donors (Lipinski definition) is 0. The van der Waals surface area contributed by atoms with Crippen LogP contribution in [0.25, 0.3) is 0 Å². The van der Waals surface area contributed by atoms with E-state index in [0.717, 1.165) is 0 Å². The third-order valence-corrected chi connectivity index (χ3v) is 3.86. The lowest BCUT2D eigenvalue weighted by Gasteiger charge is -2.09. The summed E-state index contributed by atoms with van der Waals surface area (Å²) in [5.41, 5.74) is 0.145. The number of benzene rings is 1. The molecule has 0 heterocycles. The largest absolute Gasteiger partial charge is 0.462 e. The van der Waals surface area contributed by atoms with E-state index >= 15 is 0 Å². The Balaban J connectivity index is 2.68. The van der Waals surface area contributed by atoms with Crippen LogP contribution in [0.5, 0.6) is 0 Å². The molecule has 0 aromatic heterocycles. The van der Waals surface area contributed by atoms with E-state index in [9.17, 15) is 13.2 Å².